The van der Waals surface area contributed by atoms with E-state index < -0.39 is 37.6 Å². The van der Waals surface area contributed by atoms with Gasteiger partial charge >= 0.3 is 5.97 Å². The molecule has 0 bridgehead atoms. The number of esters is 1. The fraction of sp³-hybridized carbons (Fsp3) is 0.654. The third-order valence-electron chi connectivity index (χ3n) is 6.34. The van der Waals surface area contributed by atoms with Gasteiger partial charge in [-0.1, -0.05) is 33.8 Å². The lowest BCUT2D eigenvalue weighted by molar-refractivity contribution is -0.162. The number of hydrogen-bond acceptors (Lipinski definition) is 6. The Morgan fingerprint density at radius 2 is 1.82 bits per heavy atom. The van der Waals surface area contributed by atoms with E-state index in [-0.39, 0.29) is 11.0 Å². The van der Waals surface area contributed by atoms with E-state index >= 15 is 0 Å². The van der Waals surface area contributed by atoms with Crippen LogP contribution in [-0.2, 0) is 18.8 Å². The number of thiophene rings is 1. The third-order valence-corrected chi connectivity index (χ3v) is 11.9. The minimum Gasteiger partial charge on any atom is -0.458 e. The molecule has 2 unspecified atom stereocenters. The molecule has 1 amide bonds. The smallest absolute Gasteiger partial charge is 0.329 e. The lowest BCUT2D eigenvalue weighted by Gasteiger charge is -2.36. The largest absolute Gasteiger partial charge is 0.458 e. The Kier molecular flexibility index (Phi) is 9.10. The molecule has 1 saturated heterocycles. The highest BCUT2D eigenvalue weighted by atomic mass is 32.1. The lowest BCUT2D eigenvalue weighted by atomic mass is 10.1. The second-order valence-electron chi connectivity index (χ2n) is 11.6. The van der Waals surface area contributed by atoms with Crippen molar-refractivity contribution in [2.75, 3.05) is 13.2 Å². The van der Waals surface area contributed by atoms with Crippen LogP contribution in [0.15, 0.2) is 18.2 Å². The molecule has 2 atom stereocenters. The van der Waals surface area contributed by atoms with Gasteiger partial charge in [0, 0.05) is 18.0 Å². The van der Waals surface area contributed by atoms with Crippen molar-refractivity contribution >= 4 is 43.4 Å². The Balaban J connectivity index is 1.99. The zero-order valence-electron chi connectivity index (χ0n) is 22.2. The van der Waals surface area contributed by atoms with Gasteiger partial charge in [0.2, 0.25) is 0 Å². The van der Waals surface area contributed by atoms with Crippen molar-refractivity contribution < 1.29 is 23.5 Å². The van der Waals surface area contributed by atoms with E-state index in [4.69, 9.17) is 9.16 Å². The molecule has 0 aromatic carbocycles. The molecule has 0 aliphatic carbocycles. The molecule has 0 spiro atoms. The summed E-state index contributed by atoms with van der Waals surface area (Å²) in [7, 11) is -1.79. The van der Waals surface area contributed by atoms with Crippen molar-refractivity contribution in [3.63, 3.8) is 0 Å². The van der Waals surface area contributed by atoms with Crippen LogP contribution in [-0.4, -0.2) is 55.7 Å². The Morgan fingerprint density at radius 3 is 2.41 bits per heavy atom. The minimum absolute atomic E-state index is 0.170. The molecule has 2 heterocycles. The fourth-order valence-electron chi connectivity index (χ4n) is 3.30. The van der Waals surface area contributed by atoms with Crippen LogP contribution >= 0.6 is 11.3 Å². The summed E-state index contributed by atoms with van der Waals surface area (Å²) in [6, 6.07) is 2.83. The lowest BCUT2D eigenvalue weighted by Crippen LogP contribution is -2.46. The van der Waals surface area contributed by atoms with Gasteiger partial charge in [-0.2, -0.15) is 0 Å². The van der Waals surface area contributed by atoms with E-state index in [9.17, 15) is 14.4 Å². The van der Waals surface area contributed by atoms with Crippen molar-refractivity contribution in [2.24, 2.45) is 5.92 Å². The van der Waals surface area contributed by atoms with Crippen molar-refractivity contribution in [1.29, 1.82) is 0 Å². The summed E-state index contributed by atoms with van der Waals surface area (Å²) >= 11 is 1.29. The summed E-state index contributed by atoms with van der Waals surface area (Å²) in [6.45, 7) is 19.7. The maximum atomic E-state index is 12.9. The van der Waals surface area contributed by atoms with Crippen LogP contribution in [0.25, 0.3) is 6.08 Å². The average Bonchev–Trinajstić information content (AvgIpc) is 3.37. The highest BCUT2D eigenvalue weighted by Gasteiger charge is 2.40. The van der Waals surface area contributed by atoms with Crippen molar-refractivity contribution in [2.45, 2.75) is 91.1 Å². The maximum Gasteiger partial charge on any atom is 0.329 e. The molecular formula is C26H41NO5SSi. The molecule has 1 aromatic heterocycles. The van der Waals surface area contributed by atoms with Crippen molar-refractivity contribution in [3.05, 3.63) is 28.0 Å². The first-order valence-electron chi connectivity index (χ1n) is 12.0. The van der Waals surface area contributed by atoms with Gasteiger partial charge in [-0.3, -0.25) is 9.59 Å². The molecule has 6 nitrogen and oxygen atoms in total. The molecule has 190 valence electrons. The van der Waals surface area contributed by atoms with Crippen LogP contribution in [0.4, 0.5) is 0 Å². The maximum absolute atomic E-state index is 12.9. The summed E-state index contributed by atoms with van der Waals surface area (Å²) in [6.07, 6.45) is 5.25. The second kappa shape index (κ2) is 10.9. The number of ether oxygens (including phenoxy) is 1. The molecule has 1 aliphatic rings. The fourth-order valence-corrected chi connectivity index (χ4v) is 5.26. The number of rotatable bonds is 8. The predicted molar refractivity (Wildman–Crippen MR) is 141 cm³/mol. The van der Waals surface area contributed by atoms with E-state index in [1.54, 1.807) is 26.8 Å². The van der Waals surface area contributed by atoms with Crippen LogP contribution < -0.4 is 0 Å². The molecule has 1 fully saturated rings. The zero-order chi connectivity index (χ0) is 25.9. The first-order chi connectivity index (χ1) is 15.5. The highest BCUT2D eigenvalue weighted by molar-refractivity contribution is 7.15. The molecule has 1 aromatic rings. The number of carbonyl (C=O) groups is 3. The molecule has 0 N–H and O–H groups in total. The van der Waals surface area contributed by atoms with Crippen molar-refractivity contribution in [3.8, 4) is 0 Å². The molecule has 0 radical (unpaired) electrons. The number of Topliss-reactive ketones (excluding diaryl/α,β-unsaturated/α-hetero) is 1. The average molecular weight is 508 g/mol. The van der Waals surface area contributed by atoms with Crippen LogP contribution in [0.2, 0.25) is 18.1 Å². The Morgan fingerprint density at radius 1 is 1.18 bits per heavy atom. The molecule has 8 heteroatoms. The number of carbonyl (C=O) groups excluding carboxylic acids is 3. The Hall–Kier alpha value is -1.77. The summed E-state index contributed by atoms with van der Waals surface area (Å²) in [5.74, 6) is -1.43. The van der Waals surface area contributed by atoms with E-state index in [0.717, 1.165) is 4.88 Å². The van der Waals surface area contributed by atoms with Gasteiger partial charge in [0.25, 0.3) is 11.7 Å². The predicted octanol–water partition coefficient (Wildman–Crippen LogP) is 5.93. The van der Waals surface area contributed by atoms with Crippen molar-refractivity contribution in [1.82, 2.24) is 4.90 Å². The number of hydrogen-bond donors (Lipinski definition) is 0. The molecule has 1 aliphatic heterocycles. The Labute approximate surface area is 209 Å². The normalized spacial score (nSPS) is 18.4. The first-order valence-corrected chi connectivity index (χ1v) is 15.7. The number of nitrogens with zero attached hydrogens (tertiary/aromatic N) is 1. The molecular weight excluding hydrogens is 466 g/mol. The van der Waals surface area contributed by atoms with Gasteiger partial charge < -0.3 is 14.1 Å². The van der Waals surface area contributed by atoms with Gasteiger partial charge in [-0.15, -0.1) is 11.3 Å². The van der Waals surface area contributed by atoms with Gasteiger partial charge in [0.15, 0.2) is 8.32 Å². The van der Waals surface area contributed by atoms with Crippen LogP contribution in [0.5, 0.6) is 0 Å². The zero-order valence-corrected chi connectivity index (χ0v) is 24.0. The number of likely N-dealkylation sites (tertiary alicyclic amines) is 1. The Bertz CT molecular complexity index is 922. The second-order valence-corrected chi connectivity index (χ2v) is 17.6. The van der Waals surface area contributed by atoms with Gasteiger partial charge in [0.05, 0.1) is 4.88 Å². The number of amides is 1. The monoisotopic (exact) mass is 507 g/mol. The van der Waals surface area contributed by atoms with Crippen LogP contribution in [0.3, 0.4) is 0 Å². The standard InChI is InChI=1S/C26H41NO5SSi/c1-18(17-31-34(8,9)26(5,6)7)12-13-19-14-15-21(33-19)22(28)23(29)27-16-10-11-20(27)24(30)32-25(2,3)4/h12-15,18,20H,10-11,16-17H2,1-9H3/b13-12+. The molecule has 34 heavy (non-hydrogen) atoms. The van der Waals surface area contributed by atoms with Crippen LogP contribution in [0.1, 0.15) is 75.9 Å². The van der Waals surface area contributed by atoms with E-state index in [1.165, 1.54) is 16.2 Å². The van der Waals surface area contributed by atoms with Gasteiger partial charge in [-0.25, -0.2) is 4.79 Å². The summed E-state index contributed by atoms with van der Waals surface area (Å²) < 4.78 is 11.7. The third kappa shape index (κ3) is 7.62. The molecule has 2 rings (SSSR count). The summed E-state index contributed by atoms with van der Waals surface area (Å²) in [4.78, 5) is 40.9. The highest BCUT2D eigenvalue weighted by Crippen LogP contribution is 2.36. The SMILES string of the molecule is CC(/C=C/c1ccc(C(=O)C(=O)N2CCCC2C(=O)OC(C)(C)C)s1)CO[Si](C)(C)C(C)(C)C. The van der Waals surface area contributed by atoms with E-state index in [2.05, 4.69) is 46.9 Å². The molecule has 0 saturated carbocycles. The summed E-state index contributed by atoms with van der Waals surface area (Å²) in [5.41, 5.74) is -0.639. The van der Waals surface area contributed by atoms with Gasteiger partial charge in [0.1, 0.15) is 11.6 Å². The van der Waals surface area contributed by atoms with E-state index in [1.807, 2.05) is 12.1 Å². The summed E-state index contributed by atoms with van der Waals surface area (Å²) in [5, 5.41) is 0.170. The quantitative estimate of drug-likeness (QED) is 0.189. The van der Waals surface area contributed by atoms with Crippen LogP contribution in [0, 0.1) is 5.92 Å². The number of ketones is 1. The van der Waals surface area contributed by atoms with Gasteiger partial charge in [-0.05, 0) is 75.9 Å². The minimum atomic E-state index is -1.79. The topological polar surface area (TPSA) is 72.9 Å². The van der Waals surface area contributed by atoms with E-state index in [0.29, 0.717) is 30.9 Å². The first kappa shape index (κ1) is 28.5.